The fraction of sp³-hybridized carbons (Fsp3) is 0.545. The van der Waals surface area contributed by atoms with Gasteiger partial charge in [0.1, 0.15) is 0 Å². The van der Waals surface area contributed by atoms with Gasteiger partial charge in [-0.3, -0.25) is 9.59 Å². The van der Waals surface area contributed by atoms with Crippen molar-refractivity contribution in [1.82, 2.24) is 0 Å². The number of hydrogen-bond acceptors (Lipinski definition) is 4. The van der Waals surface area contributed by atoms with E-state index in [-0.39, 0.29) is 11.3 Å². The first-order valence-corrected chi connectivity index (χ1v) is 9.12. The Balaban J connectivity index is 2.73. The van der Waals surface area contributed by atoms with Gasteiger partial charge in [0.15, 0.2) is 5.92 Å². The number of hydrogen-bond donors (Lipinski definition) is 0. The fourth-order valence-electron chi connectivity index (χ4n) is 3.24. The molecular weight excluding hydrogens is 328 g/mol. The molecule has 1 aliphatic carbocycles. The van der Waals surface area contributed by atoms with Crippen LogP contribution in [-0.4, -0.2) is 26.2 Å². The number of methoxy groups -OCH3 is 2. The zero-order valence-corrected chi connectivity index (χ0v) is 16.9. The molecule has 144 valence electrons. The predicted molar refractivity (Wildman–Crippen MR) is 104 cm³/mol. The summed E-state index contributed by atoms with van der Waals surface area (Å²) < 4.78 is 9.23. The van der Waals surface area contributed by atoms with E-state index in [9.17, 15) is 9.59 Å². The molecule has 0 aromatic carbocycles. The van der Waals surface area contributed by atoms with Crippen molar-refractivity contribution in [3.63, 3.8) is 0 Å². The Hall–Kier alpha value is -2.10. The van der Waals surface area contributed by atoms with Crippen molar-refractivity contribution in [1.29, 1.82) is 0 Å². The van der Waals surface area contributed by atoms with Gasteiger partial charge in [-0.15, -0.1) is 0 Å². The number of esters is 2. The first-order chi connectivity index (χ1) is 12.2. The second kappa shape index (κ2) is 10.1. The Morgan fingerprint density at radius 3 is 2.15 bits per heavy atom. The fourth-order valence-corrected chi connectivity index (χ4v) is 3.24. The largest absolute Gasteiger partial charge is 0.468 e. The first-order valence-electron chi connectivity index (χ1n) is 9.12. The summed E-state index contributed by atoms with van der Waals surface area (Å²) in [5.74, 6) is -2.04. The van der Waals surface area contributed by atoms with Crippen molar-refractivity contribution in [3.05, 3.63) is 47.6 Å². The Morgan fingerprint density at radius 1 is 1.04 bits per heavy atom. The minimum atomic E-state index is -1.03. The second-order valence-electron chi connectivity index (χ2n) is 7.44. The number of rotatable bonds is 7. The molecule has 0 N–H and O–H groups in total. The summed E-state index contributed by atoms with van der Waals surface area (Å²) in [4.78, 5) is 23.2. The van der Waals surface area contributed by atoms with Gasteiger partial charge in [0.2, 0.25) is 0 Å². The number of ether oxygens (including phenoxy) is 2. The van der Waals surface area contributed by atoms with Gasteiger partial charge in [-0.1, -0.05) is 62.8 Å². The lowest BCUT2D eigenvalue weighted by molar-refractivity contribution is -0.156. The topological polar surface area (TPSA) is 52.6 Å². The molecule has 1 unspecified atom stereocenters. The van der Waals surface area contributed by atoms with E-state index in [1.807, 2.05) is 12.2 Å². The average molecular weight is 360 g/mol. The highest BCUT2D eigenvalue weighted by atomic mass is 16.5. The molecule has 0 saturated carbocycles. The Morgan fingerprint density at radius 2 is 1.62 bits per heavy atom. The van der Waals surface area contributed by atoms with Crippen molar-refractivity contribution in [2.75, 3.05) is 14.2 Å². The SMILES string of the molecule is COC(=O)C(/C=C/C=C/C(C)/C=C/C1=C(C)CCCC1(C)C)C(=O)OC. The van der Waals surface area contributed by atoms with Crippen LogP contribution in [0.25, 0.3) is 0 Å². The molecule has 0 aliphatic heterocycles. The van der Waals surface area contributed by atoms with E-state index in [4.69, 9.17) is 0 Å². The average Bonchev–Trinajstić information content (AvgIpc) is 2.59. The van der Waals surface area contributed by atoms with Crippen LogP contribution in [0.1, 0.15) is 47.0 Å². The highest BCUT2D eigenvalue weighted by Crippen LogP contribution is 2.40. The lowest BCUT2D eigenvalue weighted by Crippen LogP contribution is -2.24. The molecule has 0 radical (unpaired) electrons. The molecule has 0 bridgehead atoms. The molecule has 4 nitrogen and oxygen atoms in total. The maximum Gasteiger partial charge on any atom is 0.323 e. The van der Waals surface area contributed by atoms with E-state index in [1.54, 1.807) is 6.08 Å². The molecule has 0 fully saturated rings. The summed E-state index contributed by atoms with van der Waals surface area (Å²) in [6, 6.07) is 0. The predicted octanol–water partition coefficient (Wildman–Crippen LogP) is 4.78. The van der Waals surface area contributed by atoms with Crippen LogP contribution in [0.15, 0.2) is 47.6 Å². The van der Waals surface area contributed by atoms with Crippen molar-refractivity contribution < 1.29 is 19.1 Å². The number of carbonyl (C=O) groups is 2. The van der Waals surface area contributed by atoms with Gasteiger partial charge in [0.05, 0.1) is 14.2 Å². The lowest BCUT2D eigenvalue weighted by Gasteiger charge is -2.33. The van der Waals surface area contributed by atoms with E-state index in [1.165, 1.54) is 50.7 Å². The molecule has 0 spiro atoms. The van der Waals surface area contributed by atoms with Gasteiger partial charge in [-0.05, 0) is 43.1 Å². The van der Waals surface area contributed by atoms with Gasteiger partial charge in [-0.2, -0.15) is 0 Å². The molecule has 0 aromatic heterocycles. The van der Waals surface area contributed by atoms with Gasteiger partial charge in [-0.25, -0.2) is 0 Å². The van der Waals surface area contributed by atoms with E-state index < -0.39 is 17.9 Å². The van der Waals surface area contributed by atoms with Crippen LogP contribution in [0.4, 0.5) is 0 Å². The van der Waals surface area contributed by atoms with Crippen LogP contribution in [0, 0.1) is 17.3 Å². The van der Waals surface area contributed by atoms with Gasteiger partial charge >= 0.3 is 11.9 Å². The van der Waals surface area contributed by atoms with Gasteiger partial charge < -0.3 is 9.47 Å². The second-order valence-corrected chi connectivity index (χ2v) is 7.44. The van der Waals surface area contributed by atoms with Crippen LogP contribution >= 0.6 is 0 Å². The van der Waals surface area contributed by atoms with Crippen molar-refractivity contribution in [2.24, 2.45) is 17.3 Å². The standard InChI is InChI=1S/C22H32O4/c1-16(13-14-19-17(2)11-9-15-22(19,3)4)10-7-8-12-18(20(23)25-5)21(24)26-6/h7-8,10,12-14,16,18H,9,11,15H2,1-6H3/b10-7+,12-8+,14-13+. The molecule has 0 heterocycles. The van der Waals surface area contributed by atoms with E-state index in [0.717, 1.165) is 0 Å². The number of carbonyl (C=O) groups excluding carboxylic acids is 2. The minimum absolute atomic E-state index is 0.233. The molecule has 1 aliphatic rings. The van der Waals surface area contributed by atoms with Crippen molar-refractivity contribution in [3.8, 4) is 0 Å². The molecular formula is C22H32O4. The van der Waals surface area contributed by atoms with E-state index in [2.05, 4.69) is 49.3 Å². The van der Waals surface area contributed by atoms with Crippen LogP contribution in [0.3, 0.4) is 0 Å². The maximum absolute atomic E-state index is 11.6. The third-order valence-corrected chi connectivity index (χ3v) is 4.85. The van der Waals surface area contributed by atoms with Crippen LogP contribution in [0.2, 0.25) is 0 Å². The monoisotopic (exact) mass is 360 g/mol. The van der Waals surface area contributed by atoms with E-state index >= 15 is 0 Å². The molecule has 26 heavy (non-hydrogen) atoms. The summed E-state index contributed by atoms with van der Waals surface area (Å²) >= 11 is 0. The summed E-state index contributed by atoms with van der Waals surface area (Å²) in [6.07, 6.45) is 15.1. The van der Waals surface area contributed by atoms with Gasteiger partial charge in [0.25, 0.3) is 0 Å². The highest BCUT2D eigenvalue weighted by molar-refractivity contribution is 5.96. The molecule has 0 saturated heterocycles. The van der Waals surface area contributed by atoms with Crippen LogP contribution in [-0.2, 0) is 19.1 Å². The zero-order chi connectivity index (χ0) is 19.7. The molecule has 1 atom stereocenters. The highest BCUT2D eigenvalue weighted by Gasteiger charge is 2.26. The van der Waals surface area contributed by atoms with Gasteiger partial charge in [0, 0.05) is 0 Å². The maximum atomic E-state index is 11.6. The van der Waals surface area contributed by atoms with Crippen LogP contribution < -0.4 is 0 Å². The summed E-state index contributed by atoms with van der Waals surface area (Å²) in [6.45, 7) is 8.94. The minimum Gasteiger partial charge on any atom is -0.468 e. The first kappa shape index (κ1) is 21.9. The third kappa shape index (κ3) is 6.32. The Bertz CT molecular complexity index is 604. The summed E-state index contributed by atoms with van der Waals surface area (Å²) in [7, 11) is 2.50. The summed E-state index contributed by atoms with van der Waals surface area (Å²) in [5.41, 5.74) is 3.15. The van der Waals surface area contributed by atoms with E-state index in [0.29, 0.717) is 0 Å². The third-order valence-electron chi connectivity index (χ3n) is 4.85. The molecule has 0 aromatic rings. The Kier molecular flexibility index (Phi) is 8.56. The lowest BCUT2D eigenvalue weighted by atomic mass is 9.72. The van der Waals surface area contributed by atoms with Crippen LogP contribution in [0.5, 0.6) is 0 Å². The molecule has 4 heteroatoms. The Labute approximate surface area is 157 Å². The smallest absolute Gasteiger partial charge is 0.323 e. The van der Waals surface area contributed by atoms with Crippen molar-refractivity contribution in [2.45, 2.75) is 47.0 Å². The quantitative estimate of drug-likeness (QED) is 0.372. The normalized spacial score (nSPS) is 18.9. The molecule has 1 rings (SSSR count). The summed E-state index contributed by atoms with van der Waals surface area (Å²) in [5, 5.41) is 0. The van der Waals surface area contributed by atoms with Crippen molar-refractivity contribution >= 4 is 11.9 Å². The zero-order valence-electron chi connectivity index (χ0n) is 16.9. The molecule has 0 amide bonds. The number of allylic oxidation sites excluding steroid dienone is 7.